The van der Waals surface area contributed by atoms with Crippen LogP contribution in [0, 0.1) is 13.8 Å². The van der Waals surface area contributed by atoms with E-state index in [1.807, 2.05) is 17.6 Å². The van der Waals surface area contributed by atoms with Gasteiger partial charge in [0.2, 0.25) is 0 Å². The lowest BCUT2D eigenvalue weighted by atomic mass is 10.00. The Bertz CT molecular complexity index is 993. The van der Waals surface area contributed by atoms with Crippen LogP contribution in [0.2, 0.25) is 0 Å². The van der Waals surface area contributed by atoms with Gasteiger partial charge in [-0.2, -0.15) is 5.01 Å². The molecule has 30 heavy (non-hydrogen) atoms. The summed E-state index contributed by atoms with van der Waals surface area (Å²) in [6.45, 7) is 6.75. The number of nitrogens with zero attached hydrogens (tertiary/aromatic N) is 2. The van der Waals surface area contributed by atoms with Gasteiger partial charge in [0.05, 0.1) is 18.4 Å². The van der Waals surface area contributed by atoms with Gasteiger partial charge in [-0.15, -0.1) is 0 Å². The monoisotopic (exact) mass is 416 g/mol. The predicted molar refractivity (Wildman–Crippen MR) is 104 cm³/mol. The summed E-state index contributed by atoms with van der Waals surface area (Å²) in [6.07, 6.45) is 1.94. The molecule has 1 fully saturated rings. The normalized spacial score (nSPS) is 18.5. The average Bonchev–Trinajstić information content (AvgIpc) is 3.38. The van der Waals surface area contributed by atoms with Gasteiger partial charge in [-0.05, 0) is 45.4 Å². The van der Waals surface area contributed by atoms with Crippen LogP contribution in [0.3, 0.4) is 0 Å². The standard InChI is InChI=1S/C20H24N4O6/c1-5-20(4)18(27)24(19(28)21-20)22-16(25)11-30-17(26)15-9-12(2)23(13(15)3)10-14-7-6-8-29-14/h6-9H,5,10-11H2,1-4H3,(H,21,28)(H,22,25). The molecule has 0 bridgehead atoms. The molecule has 1 aliphatic rings. The topological polar surface area (TPSA) is 123 Å². The first kappa shape index (κ1) is 21.2. The molecule has 1 saturated heterocycles. The number of hydrogen-bond donors (Lipinski definition) is 2. The highest BCUT2D eigenvalue weighted by atomic mass is 16.5. The van der Waals surface area contributed by atoms with Crippen molar-refractivity contribution < 1.29 is 28.3 Å². The van der Waals surface area contributed by atoms with Crippen LogP contribution in [-0.4, -0.2) is 45.5 Å². The zero-order chi connectivity index (χ0) is 22.1. The largest absolute Gasteiger partial charge is 0.467 e. The van der Waals surface area contributed by atoms with E-state index in [1.165, 1.54) is 0 Å². The Morgan fingerprint density at radius 2 is 2.03 bits per heavy atom. The molecule has 4 amide bonds. The summed E-state index contributed by atoms with van der Waals surface area (Å²) in [5.41, 5.74) is 2.92. The molecule has 3 rings (SSSR count). The molecule has 0 aromatic carbocycles. The quantitative estimate of drug-likeness (QED) is 0.523. The smallest absolute Gasteiger partial charge is 0.344 e. The number of hydrazine groups is 1. The SMILES string of the molecule is CCC1(C)NC(=O)N(NC(=O)COC(=O)c2cc(C)n(Cc3ccco3)c2C)C1=O. The molecule has 0 radical (unpaired) electrons. The molecule has 10 heteroatoms. The Kier molecular flexibility index (Phi) is 5.68. The van der Waals surface area contributed by atoms with E-state index in [4.69, 9.17) is 9.15 Å². The number of ether oxygens (including phenoxy) is 1. The minimum Gasteiger partial charge on any atom is -0.467 e. The highest BCUT2D eigenvalue weighted by Crippen LogP contribution is 2.20. The van der Waals surface area contributed by atoms with Crippen molar-refractivity contribution in [1.29, 1.82) is 0 Å². The third-order valence-corrected chi connectivity index (χ3v) is 5.23. The Hall–Kier alpha value is -3.56. The van der Waals surface area contributed by atoms with Crippen LogP contribution in [-0.2, 0) is 20.9 Å². The molecule has 0 aliphatic carbocycles. The van der Waals surface area contributed by atoms with E-state index in [1.54, 1.807) is 39.2 Å². The van der Waals surface area contributed by atoms with E-state index in [0.29, 0.717) is 29.2 Å². The van der Waals surface area contributed by atoms with E-state index in [2.05, 4.69) is 10.7 Å². The second kappa shape index (κ2) is 8.05. The predicted octanol–water partition coefficient (Wildman–Crippen LogP) is 1.65. The third-order valence-electron chi connectivity index (χ3n) is 5.23. The second-order valence-electron chi connectivity index (χ2n) is 7.32. The Labute approximate surface area is 173 Å². The zero-order valence-corrected chi connectivity index (χ0v) is 17.3. The van der Waals surface area contributed by atoms with Gasteiger partial charge in [0, 0.05) is 11.4 Å². The molecule has 160 valence electrons. The first-order valence-electron chi connectivity index (χ1n) is 9.48. The lowest BCUT2D eigenvalue weighted by Crippen LogP contribution is -2.49. The summed E-state index contributed by atoms with van der Waals surface area (Å²) < 4.78 is 12.3. The van der Waals surface area contributed by atoms with Gasteiger partial charge in [0.25, 0.3) is 11.8 Å². The number of amides is 4. The van der Waals surface area contributed by atoms with Crippen molar-refractivity contribution in [2.75, 3.05) is 6.61 Å². The number of hydrogen-bond acceptors (Lipinski definition) is 6. The van der Waals surface area contributed by atoms with E-state index >= 15 is 0 Å². The van der Waals surface area contributed by atoms with Crippen LogP contribution in [0.4, 0.5) is 4.79 Å². The minimum atomic E-state index is -1.08. The summed E-state index contributed by atoms with van der Waals surface area (Å²) in [5.74, 6) is -1.31. The molecule has 1 aliphatic heterocycles. The Balaban J connectivity index is 1.60. The molecular formula is C20H24N4O6. The highest BCUT2D eigenvalue weighted by molar-refractivity contribution is 6.07. The summed E-state index contributed by atoms with van der Waals surface area (Å²) in [4.78, 5) is 48.8. The Morgan fingerprint density at radius 3 is 2.63 bits per heavy atom. The molecule has 3 heterocycles. The number of rotatable bonds is 7. The number of nitrogens with one attached hydrogen (secondary N) is 2. The van der Waals surface area contributed by atoms with Crippen LogP contribution in [0.25, 0.3) is 0 Å². The second-order valence-corrected chi connectivity index (χ2v) is 7.32. The molecule has 0 spiro atoms. The fraction of sp³-hybridized carbons (Fsp3) is 0.400. The maximum absolute atomic E-state index is 12.5. The van der Waals surface area contributed by atoms with E-state index in [0.717, 1.165) is 11.5 Å². The highest BCUT2D eigenvalue weighted by Gasteiger charge is 2.47. The van der Waals surface area contributed by atoms with Crippen molar-refractivity contribution >= 4 is 23.8 Å². The average molecular weight is 416 g/mol. The van der Waals surface area contributed by atoms with Gasteiger partial charge in [0.15, 0.2) is 6.61 Å². The molecular weight excluding hydrogens is 392 g/mol. The Morgan fingerprint density at radius 1 is 1.30 bits per heavy atom. The van der Waals surface area contributed by atoms with Crippen LogP contribution >= 0.6 is 0 Å². The number of aromatic nitrogens is 1. The molecule has 2 aromatic rings. The molecule has 2 N–H and O–H groups in total. The summed E-state index contributed by atoms with van der Waals surface area (Å²) >= 11 is 0. The minimum absolute atomic E-state index is 0.320. The first-order valence-corrected chi connectivity index (χ1v) is 9.48. The van der Waals surface area contributed by atoms with Gasteiger partial charge in [-0.1, -0.05) is 6.92 Å². The number of imide groups is 1. The van der Waals surface area contributed by atoms with Gasteiger partial charge >= 0.3 is 12.0 Å². The van der Waals surface area contributed by atoms with Crippen molar-refractivity contribution in [3.63, 3.8) is 0 Å². The number of furan rings is 1. The molecule has 2 aromatic heterocycles. The molecule has 10 nitrogen and oxygen atoms in total. The van der Waals surface area contributed by atoms with Gasteiger partial charge in [-0.3, -0.25) is 15.0 Å². The van der Waals surface area contributed by atoms with E-state index < -0.39 is 36.0 Å². The summed E-state index contributed by atoms with van der Waals surface area (Å²) in [7, 11) is 0. The third kappa shape index (κ3) is 3.93. The van der Waals surface area contributed by atoms with Gasteiger partial charge < -0.3 is 19.0 Å². The van der Waals surface area contributed by atoms with Crippen molar-refractivity contribution in [1.82, 2.24) is 20.3 Å². The van der Waals surface area contributed by atoms with E-state index in [-0.39, 0.29) is 0 Å². The van der Waals surface area contributed by atoms with E-state index in [9.17, 15) is 19.2 Å². The number of carbonyl (C=O) groups excluding carboxylic acids is 4. The van der Waals surface area contributed by atoms with Crippen molar-refractivity contribution in [3.05, 3.63) is 47.2 Å². The number of urea groups is 1. The van der Waals surface area contributed by atoms with Crippen LogP contribution in [0.1, 0.15) is 47.8 Å². The molecule has 1 atom stereocenters. The fourth-order valence-electron chi connectivity index (χ4n) is 3.20. The number of esters is 1. The lowest BCUT2D eigenvalue weighted by molar-refractivity contribution is -0.139. The summed E-state index contributed by atoms with van der Waals surface area (Å²) in [6, 6.07) is 4.56. The molecule has 0 saturated carbocycles. The fourth-order valence-corrected chi connectivity index (χ4v) is 3.20. The van der Waals surface area contributed by atoms with Crippen LogP contribution in [0.15, 0.2) is 28.9 Å². The maximum Gasteiger partial charge on any atom is 0.344 e. The van der Waals surface area contributed by atoms with Crippen molar-refractivity contribution in [2.45, 2.75) is 46.2 Å². The number of carbonyl (C=O) groups is 4. The van der Waals surface area contributed by atoms with Crippen molar-refractivity contribution in [3.8, 4) is 0 Å². The van der Waals surface area contributed by atoms with Gasteiger partial charge in [0.1, 0.15) is 11.3 Å². The van der Waals surface area contributed by atoms with Crippen LogP contribution in [0.5, 0.6) is 0 Å². The zero-order valence-electron chi connectivity index (χ0n) is 17.3. The molecule has 1 unspecified atom stereocenters. The van der Waals surface area contributed by atoms with Gasteiger partial charge in [-0.25, -0.2) is 9.59 Å². The van der Waals surface area contributed by atoms with Crippen molar-refractivity contribution in [2.24, 2.45) is 0 Å². The number of aryl methyl sites for hydroxylation is 1. The van der Waals surface area contributed by atoms with Crippen LogP contribution < -0.4 is 10.7 Å². The summed E-state index contributed by atoms with van der Waals surface area (Å²) in [5, 5.41) is 3.12. The lowest BCUT2D eigenvalue weighted by Gasteiger charge is -2.19. The first-order chi connectivity index (χ1) is 14.2. The maximum atomic E-state index is 12.5.